The predicted molar refractivity (Wildman–Crippen MR) is 113 cm³/mol. The first kappa shape index (κ1) is 30.4. The van der Waals surface area contributed by atoms with Crippen LogP contribution >= 0.6 is 0 Å². The van der Waals surface area contributed by atoms with E-state index in [-0.39, 0.29) is 0 Å². The molecule has 0 spiro atoms. The zero-order chi connectivity index (χ0) is 27.6. The highest BCUT2D eigenvalue weighted by Gasteiger charge is 2.54. The highest BCUT2D eigenvalue weighted by molar-refractivity contribution is 5.73. The molecule has 3 rings (SSSR count). The minimum atomic E-state index is -1.89. The van der Waals surface area contributed by atoms with Gasteiger partial charge in [-0.2, -0.15) is 0 Å². The maximum absolute atomic E-state index is 11.9. The van der Waals surface area contributed by atoms with E-state index in [1.54, 1.807) is 0 Å². The third-order valence-electron chi connectivity index (χ3n) is 6.49. The van der Waals surface area contributed by atoms with Crippen molar-refractivity contribution in [2.75, 3.05) is 19.8 Å². The fraction of sp³-hybridized carbons (Fsp3) is 0.950. The first-order valence-electron chi connectivity index (χ1n) is 11.6. The van der Waals surface area contributed by atoms with Crippen LogP contribution in [0.2, 0.25) is 0 Å². The highest BCUT2D eigenvalue weighted by atomic mass is 16.7. The SMILES string of the molecule is CC(=O)N[C@@H]1[C@@H](O[C@@H]2O[C@@H](CO)[C@H](O)[C@H](O)[C@H]2O)[C@H](O[C@@H]2O[C@@H](CO)[C@H](O)[C@H](O)[C@H]2O)[C@@H](CO)O[C@H]1O. The summed E-state index contributed by atoms with van der Waals surface area (Å²) in [5.74, 6) is -0.677. The minimum Gasteiger partial charge on any atom is -0.394 e. The Morgan fingerprint density at radius 1 is 0.649 bits per heavy atom. The summed E-state index contributed by atoms with van der Waals surface area (Å²) in [5, 5.41) is 103. The van der Waals surface area contributed by atoms with Crippen molar-refractivity contribution in [1.29, 1.82) is 0 Å². The standard InChI is InChI=1S/C20H35NO16/c1-5(25)21-9-17(37-20-15(31)13(29)11(27)7(3-23)35-20)16(8(4-24)33-18(9)32)36-19-14(30)12(28)10(26)6(2-22)34-19/h6-20,22-24,26-32H,2-4H2,1H3,(H,21,25)/t6-,7-,8+,9+,10-,11-,12-,13-,14+,15+,16+,17+,18+,19-,20-/m0/s1. The van der Waals surface area contributed by atoms with Gasteiger partial charge in [-0.05, 0) is 0 Å². The molecule has 3 fully saturated rings. The molecule has 17 heteroatoms. The van der Waals surface area contributed by atoms with Crippen molar-refractivity contribution in [3.63, 3.8) is 0 Å². The summed E-state index contributed by atoms with van der Waals surface area (Å²) in [7, 11) is 0. The summed E-state index contributed by atoms with van der Waals surface area (Å²) in [4.78, 5) is 11.9. The Bertz CT molecular complexity index is 743. The molecule has 0 unspecified atom stereocenters. The molecule has 0 radical (unpaired) electrons. The Hall–Kier alpha value is -1.13. The first-order chi connectivity index (χ1) is 17.4. The second-order valence-corrected chi connectivity index (χ2v) is 9.07. The lowest BCUT2D eigenvalue weighted by Crippen LogP contribution is -2.69. The van der Waals surface area contributed by atoms with Gasteiger partial charge in [-0.15, -0.1) is 0 Å². The lowest BCUT2D eigenvalue weighted by Gasteiger charge is -2.49. The molecule has 15 atom stereocenters. The number of hydrogen-bond acceptors (Lipinski definition) is 16. The fourth-order valence-corrected chi connectivity index (χ4v) is 4.45. The maximum Gasteiger partial charge on any atom is 0.217 e. The second-order valence-electron chi connectivity index (χ2n) is 9.07. The van der Waals surface area contributed by atoms with Crippen molar-refractivity contribution in [2.45, 2.75) is 99.0 Å². The van der Waals surface area contributed by atoms with Gasteiger partial charge in [-0.3, -0.25) is 4.79 Å². The minimum absolute atomic E-state index is 0.677. The third kappa shape index (κ3) is 6.38. The average molecular weight is 545 g/mol. The first-order valence-corrected chi connectivity index (χ1v) is 11.6. The Kier molecular flexibility index (Phi) is 10.5. The number of aliphatic hydroxyl groups is 10. The molecule has 3 heterocycles. The zero-order valence-corrected chi connectivity index (χ0v) is 19.7. The molecule has 3 aliphatic rings. The van der Waals surface area contributed by atoms with E-state index in [0.717, 1.165) is 6.92 Å². The van der Waals surface area contributed by atoms with E-state index in [1.165, 1.54) is 0 Å². The van der Waals surface area contributed by atoms with Gasteiger partial charge < -0.3 is 80.1 Å². The van der Waals surface area contributed by atoms with Crippen LogP contribution in [-0.2, 0) is 28.5 Å². The molecular formula is C20H35NO16. The third-order valence-corrected chi connectivity index (χ3v) is 6.49. The van der Waals surface area contributed by atoms with E-state index in [9.17, 15) is 55.9 Å². The lowest BCUT2D eigenvalue weighted by molar-refractivity contribution is -0.372. The number of carbonyl (C=O) groups is 1. The Morgan fingerprint density at radius 2 is 1.08 bits per heavy atom. The molecule has 1 amide bonds. The highest BCUT2D eigenvalue weighted by Crippen LogP contribution is 2.32. The topological polar surface area (TPSA) is 278 Å². The predicted octanol–water partition coefficient (Wildman–Crippen LogP) is -7.43. The number of rotatable bonds is 8. The number of amides is 1. The van der Waals surface area contributed by atoms with Crippen LogP contribution in [0.5, 0.6) is 0 Å². The van der Waals surface area contributed by atoms with Crippen molar-refractivity contribution in [2.24, 2.45) is 0 Å². The lowest BCUT2D eigenvalue weighted by atomic mass is 9.94. The van der Waals surface area contributed by atoms with Crippen LogP contribution < -0.4 is 5.32 Å². The van der Waals surface area contributed by atoms with Crippen molar-refractivity contribution < 1.29 is 79.5 Å². The number of ether oxygens (including phenoxy) is 5. The van der Waals surface area contributed by atoms with E-state index in [4.69, 9.17) is 23.7 Å². The summed E-state index contributed by atoms with van der Waals surface area (Å²) in [5.41, 5.74) is 0. The van der Waals surface area contributed by atoms with E-state index in [0.29, 0.717) is 0 Å². The van der Waals surface area contributed by atoms with Crippen LogP contribution in [0.25, 0.3) is 0 Å². The summed E-state index contributed by atoms with van der Waals surface area (Å²) in [6, 6.07) is -1.47. The Balaban J connectivity index is 1.93. The van der Waals surface area contributed by atoms with Gasteiger partial charge in [0.1, 0.15) is 73.2 Å². The fourth-order valence-electron chi connectivity index (χ4n) is 4.45. The molecule has 17 nitrogen and oxygen atoms in total. The molecule has 216 valence electrons. The van der Waals surface area contributed by atoms with Gasteiger partial charge in [0.2, 0.25) is 5.91 Å². The van der Waals surface area contributed by atoms with Crippen LogP contribution in [0, 0.1) is 0 Å². The molecule has 3 aliphatic heterocycles. The quantitative estimate of drug-likeness (QED) is 0.135. The monoisotopic (exact) mass is 545 g/mol. The van der Waals surface area contributed by atoms with Crippen LogP contribution in [0.1, 0.15) is 6.92 Å². The van der Waals surface area contributed by atoms with Crippen molar-refractivity contribution in [1.82, 2.24) is 5.32 Å². The Labute approximate surface area is 210 Å². The van der Waals surface area contributed by atoms with Gasteiger partial charge in [0.05, 0.1) is 19.8 Å². The van der Waals surface area contributed by atoms with Crippen LogP contribution in [-0.4, -0.2) is 169 Å². The van der Waals surface area contributed by atoms with E-state index in [1.807, 2.05) is 0 Å². The van der Waals surface area contributed by atoms with Gasteiger partial charge in [0, 0.05) is 6.92 Å². The maximum atomic E-state index is 11.9. The number of carbonyl (C=O) groups excluding carboxylic acids is 1. The van der Waals surface area contributed by atoms with Crippen molar-refractivity contribution >= 4 is 5.91 Å². The van der Waals surface area contributed by atoms with Gasteiger partial charge >= 0.3 is 0 Å². The summed E-state index contributed by atoms with van der Waals surface area (Å²) in [6.45, 7) is -1.27. The molecule has 0 saturated carbocycles. The number of nitrogens with one attached hydrogen (secondary N) is 1. The summed E-state index contributed by atoms with van der Waals surface area (Å²) >= 11 is 0. The molecule has 0 aromatic heterocycles. The smallest absolute Gasteiger partial charge is 0.217 e. The van der Waals surface area contributed by atoms with Gasteiger partial charge in [0.25, 0.3) is 0 Å². The number of hydrogen-bond donors (Lipinski definition) is 11. The van der Waals surface area contributed by atoms with E-state index >= 15 is 0 Å². The molecule has 0 aromatic rings. The number of aliphatic hydroxyl groups excluding tert-OH is 10. The van der Waals surface area contributed by atoms with Gasteiger partial charge in [-0.1, -0.05) is 0 Å². The molecule has 0 aliphatic carbocycles. The van der Waals surface area contributed by atoms with Gasteiger partial charge in [-0.25, -0.2) is 0 Å². The van der Waals surface area contributed by atoms with Crippen molar-refractivity contribution in [3.05, 3.63) is 0 Å². The van der Waals surface area contributed by atoms with E-state index < -0.39 is 118 Å². The van der Waals surface area contributed by atoms with Crippen LogP contribution in [0.15, 0.2) is 0 Å². The largest absolute Gasteiger partial charge is 0.394 e. The normalized spacial score (nSPS) is 49.0. The Morgan fingerprint density at radius 3 is 1.49 bits per heavy atom. The summed E-state index contributed by atoms with van der Waals surface area (Å²) < 4.78 is 27.5. The summed E-state index contributed by atoms with van der Waals surface area (Å²) in [6.07, 6.45) is -23.5. The van der Waals surface area contributed by atoms with Crippen molar-refractivity contribution in [3.8, 4) is 0 Å². The molecular weight excluding hydrogens is 510 g/mol. The molecule has 37 heavy (non-hydrogen) atoms. The molecule has 0 bridgehead atoms. The average Bonchev–Trinajstić information content (AvgIpc) is 2.87. The van der Waals surface area contributed by atoms with Gasteiger partial charge in [0.15, 0.2) is 18.9 Å². The van der Waals surface area contributed by atoms with E-state index in [2.05, 4.69) is 5.32 Å². The second kappa shape index (κ2) is 12.8. The molecule has 11 N–H and O–H groups in total. The van der Waals surface area contributed by atoms with Crippen LogP contribution in [0.4, 0.5) is 0 Å². The van der Waals surface area contributed by atoms with Crippen LogP contribution in [0.3, 0.4) is 0 Å². The molecule has 3 saturated heterocycles. The molecule has 0 aromatic carbocycles. The zero-order valence-electron chi connectivity index (χ0n) is 19.7.